The second kappa shape index (κ2) is 11.5. The summed E-state index contributed by atoms with van der Waals surface area (Å²) in [5, 5.41) is 3.19. The number of hydrogen-bond acceptors (Lipinski definition) is 5. The first-order valence-electron chi connectivity index (χ1n) is 9.16. The lowest BCUT2D eigenvalue weighted by atomic mass is 10.1. The van der Waals surface area contributed by atoms with E-state index in [-0.39, 0.29) is 11.7 Å². The van der Waals surface area contributed by atoms with Gasteiger partial charge < -0.3 is 15.0 Å². The fourth-order valence-corrected chi connectivity index (χ4v) is 3.54. The van der Waals surface area contributed by atoms with Crippen LogP contribution in [0.5, 0.6) is 0 Å². The number of carbonyl (C=O) groups excluding carboxylic acids is 3. The lowest BCUT2D eigenvalue weighted by Crippen LogP contribution is -2.30. The second-order valence-corrected chi connectivity index (χ2v) is 7.41. The van der Waals surface area contributed by atoms with Gasteiger partial charge in [0.1, 0.15) is 0 Å². The van der Waals surface area contributed by atoms with Crippen LogP contribution in [0.2, 0.25) is 5.02 Å². The maximum Gasteiger partial charge on any atom is 0.316 e. The molecule has 0 heterocycles. The molecule has 0 aliphatic carbocycles. The molecular formula is C21H23ClN2O4S. The summed E-state index contributed by atoms with van der Waals surface area (Å²) in [6, 6.07) is 13.8. The highest BCUT2D eigenvalue weighted by Gasteiger charge is 2.14. The molecule has 2 rings (SSSR count). The van der Waals surface area contributed by atoms with E-state index in [2.05, 4.69) is 5.32 Å². The molecular weight excluding hydrogens is 412 g/mol. The number of nitrogens with zero attached hydrogens (tertiary/aromatic N) is 1. The Morgan fingerprint density at radius 1 is 1.07 bits per heavy atom. The van der Waals surface area contributed by atoms with Gasteiger partial charge in [0.05, 0.1) is 10.8 Å². The fraction of sp³-hybridized carbons (Fsp3) is 0.286. The summed E-state index contributed by atoms with van der Waals surface area (Å²) in [7, 11) is 0. The van der Waals surface area contributed by atoms with Crippen LogP contribution >= 0.6 is 23.4 Å². The number of ether oxygens (including phenoxy) is 1. The lowest BCUT2D eigenvalue weighted by molar-refractivity contribution is -0.144. The Kier molecular flexibility index (Phi) is 9.02. The molecule has 0 aromatic heterocycles. The van der Waals surface area contributed by atoms with Crippen molar-refractivity contribution in [2.75, 3.05) is 30.8 Å². The molecule has 0 unspecified atom stereocenters. The number of nitrogens with one attached hydrogen (secondary N) is 1. The first-order chi connectivity index (χ1) is 13.9. The smallest absolute Gasteiger partial charge is 0.316 e. The standard InChI is InChI=1S/C21H23ClN2O4S/c1-3-24(4-2)21(27)15-8-7-9-16(12-15)23-19(25)13-28-20(26)14-29-18-11-6-5-10-17(18)22/h5-12H,3-4,13-14H2,1-2H3,(H,23,25). The average molecular weight is 435 g/mol. The molecule has 29 heavy (non-hydrogen) atoms. The molecule has 2 aromatic rings. The Bertz CT molecular complexity index is 871. The first-order valence-corrected chi connectivity index (χ1v) is 10.5. The Labute approximate surface area is 179 Å². The molecule has 0 atom stereocenters. The van der Waals surface area contributed by atoms with Crippen molar-refractivity contribution in [3.63, 3.8) is 0 Å². The van der Waals surface area contributed by atoms with Crippen LogP contribution in [0.4, 0.5) is 5.69 Å². The van der Waals surface area contributed by atoms with Crippen molar-refractivity contribution < 1.29 is 19.1 Å². The van der Waals surface area contributed by atoms with E-state index in [0.29, 0.717) is 29.4 Å². The number of halogens is 1. The fourth-order valence-electron chi connectivity index (χ4n) is 2.51. The third-order valence-electron chi connectivity index (χ3n) is 3.99. The Morgan fingerprint density at radius 2 is 1.79 bits per heavy atom. The molecule has 2 amide bonds. The highest BCUT2D eigenvalue weighted by molar-refractivity contribution is 8.00. The number of hydrogen-bond donors (Lipinski definition) is 1. The molecule has 1 N–H and O–H groups in total. The number of rotatable bonds is 9. The topological polar surface area (TPSA) is 75.7 Å². The van der Waals surface area contributed by atoms with Gasteiger partial charge in [-0.1, -0.05) is 29.8 Å². The van der Waals surface area contributed by atoms with E-state index in [1.807, 2.05) is 19.9 Å². The van der Waals surface area contributed by atoms with Crippen LogP contribution in [0.1, 0.15) is 24.2 Å². The van der Waals surface area contributed by atoms with Gasteiger partial charge in [0.2, 0.25) is 0 Å². The van der Waals surface area contributed by atoms with Crippen LogP contribution in [0, 0.1) is 0 Å². The maximum absolute atomic E-state index is 12.4. The van der Waals surface area contributed by atoms with Crippen LogP contribution in [-0.4, -0.2) is 48.1 Å². The van der Waals surface area contributed by atoms with Crippen molar-refractivity contribution in [2.24, 2.45) is 0 Å². The minimum absolute atomic E-state index is 0.0465. The van der Waals surface area contributed by atoms with Gasteiger partial charge in [0.15, 0.2) is 6.61 Å². The van der Waals surface area contributed by atoms with E-state index < -0.39 is 18.5 Å². The Balaban J connectivity index is 1.83. The largest absolute Gasteiger partial charge is 0.455 e. The third-order valence-corrected chi connectivity index (χ3v) is 5.48. The molecule has 2 aromatic carbocycles. The molecule has 8 heteroatoms. The van der Waals surface area contributed by atoms with E-state index in [0.717, 1.165) is 4.90 Å². The summed E-state index contributed by atoms with van der Waals surface area (Å²) in [5.74, 6) is -1.05. The molecule has 6 nitrogen and oxygen atoms in total. The predicted molar refractivity (Wildman–Crippen MR) is 115 cm³/mol. The van der Waals surface area contributed by atoms with Crippen LogP contribution < -0.4 is 5.32 Å². The van der Waals surface area contributed by atoms with E-state index in [4.69, 9.17) is 16.3 Å². The monoisotopic (exact) mass is 434 g/mol. The number of anilines is 1. The van der Waals surface area contributed by atoms with E-state index >= 15 is 0 Å². The van der Waals surface area contributed by atoms with Crippen molar-refractivity contribution in [3.05, 3.63) is 59.1 Å². The molecule has 0 saturated carbocycles. The van der Waals surface area contributed by atoms with E-state index in [9.17, 15) is 14.4 Å². The summed E-state index contributed by atoms with van der Waals surface area (Å²) in [4.78, 5) is 38.8. The number of carbonyl (C=O) groups is 3. The van der Waals surface area contributed by atoms with Gasteiger partial charge in [-0.05, 0) is 44.2 Å². The lowest BCUT2D eigenvalue weighted by Gasteiger charge is -2.19. The summed E-state index contributed by atoms with van der Waals surface area (Å²) in [6.45, 7) is 4.62. The number of benzene rings is 2. The zero-order valence-electron chi connectivity index (χ0n) is 16.3. The van der Waals surface area contributed by atoms with Gasteiger partial charge in [-0.3, -0.25) is 14.4 Å². The molecule has 0 spiro atoms. The van der Waals surface area contributed by atoms with Gasteiger partial charge in [0.25, 0.3) is 11.8 Å². The molecule has 0 aliphatic rings. The zero-order chi connectivity index (χ0) is 21.2. The van der Waals surface area contributed by atoms with Crippen LogP contribution in [0.15, 0.2) is 53.4 Å². The molecule has 0 saturated heterocycles. The minimum atomic E-state index is -0.518. The van der Waals surface area contributed by atoms with Gasteiger partial charge in [-0.2, -0.15) is 0 Å². The Morgan fingerprint density at radius 3 is 2.48 bits per heavy atom. The van der Waals surface area contributed by atoms with Gasteiger partial charge in [0, 0.05) is 29.2 Å². The third kappa shape index (κ3) is 7.11. The molecule has 0 bridgehead atoms. The van der Waals surface area contributed by atoms with Crippen molar-refractivity contribution in [1.29, 1.82) is 0 Å². The van der Waals surface area contributed by atoms with E-state index in [1.54, 1.807) is 47.4 Å². The zero-order valence-corrected chi connectivity index (χ0v) is 17.9. The van der Waals surface area contributed by atoms with Crippen LogP contribution in [0.3, 0.4) is 0 Å². The summed E-state index contributed by atoms with van der Waals surface area (Å²) in [6.07, 6.45) is 0. The van der Waals surface area contributed by atoms with Gasteiger partial charge >= 0.3 is 5.97 Å². The highest BCUT2D eigenvalue weighted by atomic mass is 35.5. The maximum atomic E-state index is 12.4. The molecule has 0 fully saturated rings. The summed E-state index contributed by atoms with van der Waals surface area (Å²) < 4.78 is 5.00. The highest BCUT2D eigenvalue weighted by Crippen LogP contribution is 2.26. The summed E-state index contributed by atoms with van der Waals surface area (Å²) >= 11 is 7.28. The quantitative estimate of drug-likeness (QED) is 0.475. The molecule has 0 aliphatic heterocycles. The number of amides is 2. The van der Waals surface area contributed by atoms with Crippen molar-refractivity contribution in [3.8, 4) is 0 Å². The predicted octanol–water partition coefficient (Wildman–Crippen LogP) is 4.10. The number of thioether (sulfide) groups is 1. The van der Waals surface area contributed by atoms with Gasteiger partial charge in [-0.25, -0.2) is 0 Å². The van der Waals surface area contributed by atoms with Gasteiger partial charge in [-0.15, -0.1) is 11.8 Å². The van der Waals surface area contributed by atoms with Crippen LogP contribution in [-0.2, 0) is 14.3 Å². The summed E-state index contributed by atoms with van der Waals surface area (Å²) in [5.41, 5.74) is 0.953. The second-order valence-electron chi connectivity index (χ2n) is 5.99. The van der Waals surface area contributed by atoms with Crippen molar-refractivity contribution in [1.82, 2.24) is 4.90 Å². The minimum Gasteiger partial charge on any atom is -0.455 e. The van der Waals surface area contributed by atoms with Crippen molar-refractivity contribution in [2.45, 2.75) is 18.7 Å². The molecule has 0 radical (unpaired) electrons. The first kappa shape index (κ1) is 22.8. The average Bonchev–Trinajstić information content (AvgIpc) is 2.72. The number of esters is 1. The normalized spacial score (nSPS) is 10.3. The molecule has 154 valence electrons. The van der Waals surface area contributed by atoms with Crippen molar-refractivity contribution >= 4 is 46.8 Å². The SMILES string of the molecule is CCN(CC)C(=O)c1cccc(NC(=O)COC(=O)CSc2ccccc2Cl)c1. The van der Waals surface area contributed by atoms with Crippen LogP contribution in [0.25, 0.3) is 0 Å². The Hall–Kier alpha value is -2.51. The van der Waals surface area contributed by atoms with E-state index in [1.165, 1.54) is 11.8 Å².